The Labute approximate surface area is 404 Å². The first kappa shape index (κ1) is 40.5. The van der Waals surface area contributed by atoms with E-state index in [0.717, 1.165) is 22.6 Å². The van der Waals surface area contributed by atoms with E-state index >= 15 is 0 Å². The molecule has 69 heavy (non-hydrogen) atoms. The Morgan fingerprint density at radius 2 is 0.551 bits per heavy atom. The summed E-state index contributed by atoms with van der Waals surface area (Å²) in [7, 11) is 0. The van der Waals surface area contributed by atoms with E-state index in [1.165, 1.54) is 83.5 Å². The minimum absolute atomic E-state index is 0.483. The first-order chi connectivity index (χ1) is 34.2. The SMILES string of the molecule is c1ccc(-c2cccc(-c3cccc(N(c4ccc(C5(c6ccccc6)c6ccccc6-c6ccccc65)cc4)c4ccc5c(c4)-c4ccccc4C5(c4ccccc4)c4ccccc4)c3)c2)cc1. The summed E-state index contributed by atoms with van der Waals surface area (Å²) in [6, 6.07) is 105. The van der Waals surface area contributed by atoms with Gasteiger partial charge in [-0.25, -0.2) is 0 Å². The predicted molar refractivity (Wildman–Crippen MR) is 287 cm³/mol. The van der Waals surface area contributed by atoms with Gasteiger partial charge in [0, 0.05) is 17.1 Å². The highest BCUT2D eigenvalue weighted by Crippen LogP contribution is 2.58. The van der Waals surface area contributed by atoms with E-state index in [2.05, 4.69) is 290 Å². The van der Waals surface area contributed by atoms with Gasteiger partial charge in [-0.1, -0.05) is 243 Å². The minimum atomic E-state index is -0.489. The second-order valence-electron chi connectivity index (χ2n) is 18.3. The first-order valence-electron chi connectivity index (χ1n) is 24.0. The van der Waals surface area contributed by atoms with Crippen LogP contribution in [-0.4, -0.2) is 0 Å². The average molecular weight is 878 g/mol. The number of benzene rings is 11. The Morgan fingerprint density at radius 1 is 0.203 bits per heavy atom. The van der Waals surface area contributed by atoms with Gasteiger partial charge >= 0.3 is 0 Å². The molecular weight excluding hydrogens is 831 g/mol. The molecule has 0 radical (unpaired) electrons. The van der Waals surface area contributed by atoms with E-state index in [0.29, 0.717) is 0 Å². The number of hydrogen-bond donors (Lipinski definition) is 0. The van der Waals surface area contributed by atoms with E-state index < -0.39 is 10.8 Å². The van der Waals surface area contributed by atoms with Crippen LogP contribution in [0.5, 0.6) is 0 Å². The lowest BCUT2D eigenvalue weighted by Gasteiger charge is -2.35. The molecule has 11 aromatic carbocycles. The van der Waals surface area contributed by atoms with Crippen LogP contribution in [0.1, 0.15) is 44.5 Å². The number of nitrogens with zero attached hydrogens (tertiary/aromatic N) is 1. The Morgan fingerprint density at radius 3 is 1.07 bits per heavy atom. The largest absolute Gasteiger partial charge is 0.310 e. The van der Waals surface area contributed by atoms with Gasteiger partial charge in [0.15, 0.2) is 0 Å². The Bertz CT molecular complexity index is 3570. The lowest BCUT2D eigenvalue weighted by atomic mass is 9.67. The highest BCUT2D eigenvalue weighted by atomic mass is 15.1. The van der Waals surface area contributed by atoms with Crippen LogP contribution in [0.3, 0.4) is 0 Å². The molecule has 0 unspecified atom stereocenters. The molecule has 2 aliphatic carbocycles. The van der Waals surface area contributed by atoms with Gasteiger partial charge < -0.3 is 4.90 Å². The average Bonchev–Trinajstić information content (AvgIpc) is 3.91. The van der Waals surface area contributed by atoms with Crippen molar-refractivity contribution >= 4 is 17.1 Å². The number of anilines is 3. The molecule has 1 heteroatoms. The van der Waals surface area contributed by atoms with Crippen molar-refractivity contribution in [1.82, 2.24) is 0 Å². The maximum absolute atomic E-state index is 2.45. The first-order valence-corrected chi connectivity index (χ1v) is 24.0. The number of hydrogen-bond acceptors (Lipinski definition) is 1. The minimum Gasteiger partial charge on any atom is -0.310 e. The zero-order chi connectivity index (χ0) is 45.8. The maximum atomic E-state index is 2.45. The van der Waals surface area contributed by atoms with Crippen LogP contribution in [0.15, 0.2) is 285 Å². The summed E-state index contributed by atoms with van der Waals surface area (Å²) < 4.78 is 0. The van der Waals surface area contributed by atoms with E-state index in [9.17, 15) is 0 Å². The van der Waals surface area contributed by atoms with Gasteiger partial charge in [-0.2, -0.15) is 0 Å². The van der Waals surface area contributed by atoms with Gasteiger partial charge in [-0.3, -0.25) is 0 Å². The van der Waals surface area contributed by atoms with Gasteiger partial charge in [0.1, 0.15) is 0 Å². The molecule has 324 valence electrons. The molecule has 0 amide bonds. The van der Waals surface area contributed by atoms with E-state index in [1.54, 1.807) is 0 Å². The van der Waals surface area contributed by atoms with Crippen molar-refractivity contribution < 1.29 is 0 Å². The molecule has 0 bridgehead atoms. The van der Waals surface area contributed by atoms with Crippen molar-refractivity contribution in [1.29, 1.82) is 0 Å². The predicted octanol–water partition coefficient (Wildman–Crippen LogP) is 17.2. The van der Waals surface area contributed by atoms with Gasteiger partial charge in [0.05, 0.1) is 10.8 Å². The maximum Gasteiger partial charge on any atom is 0.0713 e. The molecular formula is C68H47N. The molecule has 0 aromatic heterocycles. The molecule has 0 saturated carbocycles. The van der Waals surface area contributed by atoms with E-state index in [-0.39, 0.29) is 0 Å². The molecule has 0 saturated heterocycles. The summed E-state index contributed by atoms with van der Waals surface area (Å²) in [5.74, 6) is 0. The topological polar surface area (TPSA) is 3.24 Å². The van der Waals surface area contributed by atoms with Crippen LogP contribution < -0.4 is 4.90 Å². The third kappa shape index (κ3) is 6.32. The molecule has 0 heterocycles. The lowest BCUT2D eigenvalue weighted by molar-refractivity contribution is 0.768. The van der Waals surface area contributed by atoms with E-state index in [1.807, 2.05) is 0 Å². The van der Waals surface area contributed by atoms with Crippen LogP contribution in [0.2, 0.25) is 0 Å². The smallest absolute Gasteiger partial charge is 0.0713 e. The number of fused-ring (bicyclic) bond motifs is 6. The zero-order valence-corrected chi connectivity index (χ0v) is 38.1. The third-order valence-electron chi connectivity index (χ3n) is 14.8. The fourth-order valence-corrected chi connectivity index (χ4v) is 11.9. The lowest BCUT2D eigenvalue weighted by Crippen LogP contribution is -2.28. The zero-order valence-electron chi connectivity index (χ0n) is 38.1. The Balaban J connectivity index is 1.01. The van der Waals surface area contributed by atoms with Crippen molar-refractivity contribution in [3.8, 4) is 44.5 Å². The van der Waals surface area contributed by atoms with Crippen LogP contribution in [-0.2, 0) is 10.8 Å². The monoisotopic (exact) mass is 877 g/mol. The Kier molecular flexibility index (Phi) is 9.70. The summed E-state index contributed by atoms with van der Waals surface area (Å²) in [4.78, 5) is 2.45. The molecule has 0 atom stereocenters. The van der Waals surface area contributed by atoms with E-state index in [4.69, 9.17) is 0 Å². The van der Waals surface area contributed by atoms with Crippen molar-refractivity contribution in [2.45, 2.75) is 10.8 Å². The summed E-state index contributed by atoms with van der Waals surface area (Å²) in [6.45, 7) is 0. The molecule has 1 nitrogen and oxygen atoms in total. The van der Waals surface area contributed by atoms with Crippen LogP contribution >= 0.6 is 0 Å². The van der Waals surface area contributed by atoms with Crippen LogP contribution in [0, 0.1) is 0 Å². The van der Waals surface area contributed by atoms with Crippen molar-refractivity contribution in [3.05, 3.63) is 330 Å². The normalized spacial score (nSPS) is 13.4. The quantitative estimate of drug-likeness (QED) is 0.140. The van der Waals surface area contributed by atoms with Gasteiger partial charge in [-0.15, -0.1) is 0 Å². The molecule has 13 rings (SSSR count). The van der Waals surface area contributed by atoms with Crippen molar-refractivity contribution in [2.24, 2.45) is 0 Å². The molecule has 0 fully saturated rings. The molecule has 0 spiro atoms. The molecule has 11 aromatic rings. The fourth-order valence-electron chi connectivity index (χ4n) is 11.9. The molecule has 0 N–H and O–H groups in total. The second-order valence-corrected chi connectivity index (χ2v) is 18.3. The number of rotatable bonds is 9. The molecule has 2 aliphatic rings. The van der Waals surface area contributed by atoms with Crippen LogP contribution in [0.4, 0.5) is 17.1 Å². The second kappa shape index (κ2) is 16.5. The van der Waals surface area contributed by atoms with Crippen molar-refractivity contribution in [2.75, 3.05) is 4.90 Å². The Hall–Kier alpha value is -8.78. The molecule has 0 aliphatic heterocycles. The highest BCUT2D eigenvalue weighted by Gasteiger charge is 2.47. The summed E-state index contributed by atoms with van der Waals surface area (Å²) >= 11 is 0. The fraction of sp³-hybridized carbons (Fsp3) is 0.0294. The van der Waals surface area contributed by atoms with Gasteiger partial charge in [0.25, 0.3) is 0 Å². The van der Waals surface area contributed by atoms with Crippen LogP contribution in [0.25, 0.3) is 44.5 Å². The highest BCUT2D eigenvalue weighted by molar-refractivity contribution is 5.91. The van der Waals surface area contributed by atoms with Crippen molar-refractivity contribution in [3.63, 3.8) is 0 Å². The summed E-state index contributed by atoms with van der Waals surface area (Å²) in [6.07, 6.45) is 0. The third-order valence-corrected chi connectivity index (χ3v) is 14.8. The van der Waals surface area contributed by atoms with Gasteiger partial charge in [0.2, 0.25) is 0 Å². The van der Waals surface area contributed by atoms with Gasteiger partial charge in [-0.05, 0) is 131 Å². The summed E-state index contributed by atoms with van der Waals surface area (Å²) in [5.41, 5.74) is 22.3. The summed E-state index contributed by atoms with van der Waals surface area (Å²) in [5, 5.41) is 0. The standard InChI is InChI=1S/C68H47N/c1-5-21-48(22-6-1)49-23-19-24-50(45-49)51-25-20-32-57(46-51)69(56-41-39-55(40-42-56)68(54-30-11-4-12-31-54)63-36-16-13-33-59(63)60-34-14-17-37-64(60)68)58-43-44-66-62(47-58)61-35-15-18-38-65(61)67(66,52-26-7-2-8-27-52)53-28-9-3-10-29-53/h1-47H.